The highest BCUT2D eigenvalue weighted by atomic mass is 35.5. The molecule has 0 atom stereocenters. The number of rotatable bonds is 6. The predicted molar refractivity (Wildman–Crippen MR) is 91.9 cm³/mol. The van der Waals surface area contributed by atoms with Crippen LogP contribution in [0.25, 0.3) is 0 Å². The fraction of sp³-hybridized carbons (Fsp3) is 0.286. The van der Waals surface area contributed by atoms with Gasteiger partial charge in [0.1, 0.15) is 28.2 Å². The molecule has 2 rings (SSSR count). The van der Waals surface area contributed by atoms with Crippen molar-refractivity contribution in [3.05, 3.63) is 48.8 Å². The van der Waals surface area contributed by atoms with Crippen LogP contribution in [-0.2, 0) is 13.0 Å². The third kappa shape index (κ3) is 3.97. The second-order valence-corrected chi connectivity index (χ2v) is 6.34. The molecule has 3 nitrogen and oxygen atoms in total. The molecule has 1 heterocycles. The van der Waals surface area contributed by atoms with E-state index in [1.54, 1.807) is 0 Å². The lowest BCUT2D eigenvalue weighted by Crippen LogP contribution is -1.99. The molecule has 1 aromatic heterocycles. The van der Waals surface area contributed by atoms with Crippen LogP contribution in [0.1, 0.15) is 17.9 Å². The maximum atomic E-state index is 6.09. The Labute approximate surface area is 153 Å². The van der Waals surface area contributed by atoms with Gasteiger partial charge in [0.25, 0.3) is 0 Å². The molecule has 0 fully saturated rings. The van der Waals surface area contributed by atoms with Gasteiger partial charge >= 0.3 is 0 Å². The van der Waals surface area contributed by atoms with Gasteiger partial charge in [0.15, 0.2) is 5.75 Å². The monoisotopic (exact) mass is 401 g/mol. The van der Waals surface area contributed by atoms with E-state index < -0.39 is 0 Å². The number of furan rings is 1. The van der Waals surface area contributed by atoms with E-state index in [0.717, 1.165) is 18.6 Å². The second kappa shape index (κ2) is 8.00. The van der Waals surface area contributed by atoms with Crippen LogP contribution in [0.4, 0.5) is 0 Å². The van der Waals surface area contributed by atoms with Crippen molar-refractivity contribution in [2.24, 2.45) is 5.73 Å². The summed E-state index contributed by atoms with van der Waals surface area (Å²) in [6, 6.07) is 3.69. The summed E-state index contributed by atoms with van der Waals surface area (Å²) in [5.74, 6) is 1.64. The number of hydrogen-bond acceptors (Lipinski definition) is 3. The molecule has 2 N–H and O–H groups in total. The van der Waals surface area contributed by atoms with E-state index >= 15 is 0 Å². The highest BCUT2D eigenvalue weighted by Gasteiger charge is 2.20. The SMILES string of the molecule is NCCCc1ccc(COc2c(Cl)c(Cl)c(Cl)c(Cl)c2Cl)o1. The smallest absolute Gasteiger partial charge is 0.160 e. The summed E-state index contributed by atoms with van der Waals surface area (Å²) < 4.78 is 11.2. The van der Waals surface area contributed by atoms with Crippen LogP contribution in [0, 0.1) is 0 Å². The van der Waals surface area contributed by atoms with Gasteiger partial charge in [0, 0.05) is 6.42 Å². The zero-order chi connectivity index (χ0) is 16.3. The predicted octanol–water partition coefficient (Wildman–Crippen LogP) is 6.02. The highest BCUT2D eigenvalue weighted by Crippen LogP contribution is 2.48. The summed E-state index contributed by atoms with van der Waals surface area (Å²) in [5.41, 5.74) is 5.46. The Morgan fingerprint density at radius 3 is 2.00 bits per heavy atom. The summed E-state index contributed by atoms with van der Waals surface area (Å²) in [6.45, 7) is 0.746. The van der Waals surface area contributed by atoms with E-state index in [0.29, 0.717) is 12.3 Å². The first-order valence-electron chi connectivity index (χ1n) is 6.37. The normalized spacial score (nSPS) is 11.0. The van der Waals surface area contributed by atoms with Crippen LogP contribution in [0.15, 0.2) is 16.5 Å². The summed E-state index contributed by atoms with van der Waals surface area (Å²) in [6.07, 6.45) is 1.63. The van der Waals surface area contributed by atoms with Gasteiger partial charge in [-0.25, -0.2) is 0 Å². The lowest BCUT2D eigenvalue weighted by molar-refractivity contribution is 0.266. The third-order valence-corrected chi connectivity index (χ3v) is 5.11. The van der Waals surface area contributed by atoms with Crippen molar-refractivity contribution < 1.29 is 9.15 Å². The molecule has 22 heavy (non-hydrogen) atoms. The quantitative estimate of drug-likeness (QED) is 0.474. The molecule has 0 unspecified atom stereocenters. The van der Waals surface area contributed by atoms with E-state index in [-0.39, 0.29) is 37.5 Å². The number of nitrogens with two attached hydrogens (primary N) is 1. The van der Waals surface area contributed by atoms with Gasteiger partial charge in [-0.15, -0.1) is 0 Å². The van der Waals surface area contributed by atoms with Crippen LogP contribution < -0.4 is 10.5 Å². The lowest BCUT2D eigenvalue weighted by Gasteiger charge is -2.12. The van der Waals surface area contributed by atoms with Crippen molar-refractivity contribution in [2.45, 2.75) is 19.4 Å². The molecule has 8 heteroatoms. The molecule has 0 aliphatic carbocycles. The summed E-state index contributed by atoms with van der Waals surface area (Å²) in [7, 11) is 0. The molecular formula is C14H12Cl5NO2. The molecule has 0 bridgehead atoms. The first kappa shape index (κ1) is 18.1. The molecule has 0 amide bonds. The maximum Gasteiger partial charge on any atom is 0.160 e. The topological polar surface area (TPSA) is 48.4 Å². The van der Waals surface area contributed by atoms with Crippen molar-refractivity contribution in [1.82, 2.24) is 0 Å². The molecule has 0 aliphatic heterocycles. The van der Waals surface area contributed by atoms with Crippen molar-refractivity contribution in [2.75, 3.05) is 6.54 Å². The average Bonchev–Trinajstić information content (AvgIpc) is 2.97. The van der Waals surface area contributed by atoms with E-state index in [2.05, 4.69) is 0 Å². The van der Waals surface area contributed by atoms with Crippen molar-refractivity contribution in [1.29, 1.82) is 0 Å². The number of ether oxygens (including phenoxy) is 1. The second-order valence-electron chi connectivity index (χ2n) is 4.45. The minimum Gasteiger partial charge on any atom is -0.482 e. The van der Waals surface area contributed by atoms with Crippen molar-refractivity contribution in [3.8, 4) is 5.75 Å². The number of benzene rings is 1. The van der Waals surface area contributed by atoms with E-state index in [1.165, 1.54) is 0 Å². The van der Waals surface area contributed by atoms with Crippen LogP contribution in [0.3, 0.4) is 0 Å². The van der Waals surface area contributed by atoms with Gasteiger partial charge in [0.05, 0.1) is 15.1 Å². The average molecular weight is 404 g/mol. The molecule has 1 aromatic carbocycles. The third-order valence-electron chi connectivity index (χ3n) is 2.87. The Morgan fingerprint density at radius 2 is 1.41 bits per heavy atom. The van der Waals surface area contributed by atoms with Crippen LogP contribution in [-0.4, -0.2) is 6.54 Å². The van der Waals surface area contributed by atoms with Gasteiger partial charge in [0.2, 0.25) is 0 Å². The molecule has 0 radical (unpaired) electrons. The molecule has 2 aromatic rings. The number of halogens is 5. The summed E-state index contributed by atoms with van der Waals surface area (Å²) >= 11 is 30.0. The highest BCUT2D eigenvalue weighted by molar-refractivity contribution is 6.55. The lowest BCUT2D eigenvalue weighted by atomic mass is 10.2. The molecule has 0 aliphatic rings. The molecule has 0 spiro atoms. The summed E-state index contributed by atoms with van der Waals surface area (Å²) in [4.78, 5) is 0. The van der Waals surface area contributed by atoms with Crippen molar-refractivity contribution >= 4 is 58.0 Å². The Hall–Kier alpha value is -0.290. The standard InChI is InChI=1S/C14H12Cl5NO2/c15-9-10(16)12(18)14(13(19)11(9)17)21-6-8-4-3-7(22-8)2-1-5-20/h3-4H,1-2,5-6,20H2. The Kier molecular flexibility index (Phi) is 6.57. The van der Waals surface area contributed by atoms with E-state index in [9.17, 15) is 0 Å². The molecule has 0 saturated heterocycles. The van der Waals surface area contributed by atoms with E-state index in [4.69, 9.17) is 72.9 Å². The number of aryl methyl sites for hydroxylation is 1. The van der Waals surface area contributed by atoms with Crippen molar-refractivity contribution in [3.63, 3.8) is 0 Å². The van der Waals surface area contributed by atoms with Gasteiger partial charge in [-0.3, -0.25) is 0 Å². The van der Waals surface area contributed by atoms with Gasteiger partial charge < -0.3 is 14.9 Å². The van der Waals surface area contributed by atoms with Crippen LogP contribution in [0.5, 0.6) is 5.75 Å². The minimum atomic E-state index is 0.0905. The van der Waals surface area contributed by atoms with E-state index in [1.807, 2.05) is 12.1 Å². The molecular weight excluding hydrogens is 391 g/mol. The van der Waals surface area contributed by atoms with Gasteiger partial charge in [-0.05, 0) is 25.1 Å². The van der Waals surface area contributed by atoms with Gasteiger partial charge in [-0.1, -0.05) is 58.0 Å². The zero-order valence-corrected chi connectivity index (χ0v) is 15.0. The van der Waals surface area contributed by atoms with Crippen LogP contribution in [0.2, 0.25) is 25.1 Å². The largest absolute Gasteiger partial charge is 0.482 e. The Bertz CT molecular complexity index is 642. The Morgan fingerprint density at radius 1 is 0.864 bits per heavy atom. The summed E-state index contributed by atoms with van der Waals surface area (Å²) in [5, 5.41) is 0.492. The fourth-order valence-electron chi connectivity index (χ4n) is 1.77. The molecule has 0 saturated carbocycles. The fourth-order valence-corrected chi connectivity index (χ4v) is 3.00. The number of hydrogen-bond donors (Lipinski definition) is 1. The first-order chi connectivity index (χ1) is 10.5. The van der Waals surface area contributed by atoms with Crippen LogP contribution >= 0.6 is 58.0 Å². The van der Waals surface area contributed by atoms with Gasteiger partial charge in [-0.2, -0.15) is 0 Å². The minimum absolute atomic E-state index is 0.0905. The Balaban J connectivity index is 2.13. The first-order valence-corrected chi connectivity index (χ1v) is 8.26. The zero-order valence-electron chi connectivity index (χ0n) is 11.3. The maximum absolute atomic E-state index is 6.09. The molecule has 120 valence electrons.